The fraction of sp³-hybridized carbons (Fsp3) is 0.227. The minimum Gasteiger partial charge on any atom is -0.487 e. The second-order valence-electron chi connectivity index (χ2n) is 6.88. The van der Waals surface area contributed by atoms with E-state index in [1.807, 2.05) is 24.3 Å². The van der Waals surface area contributed by atoms with Crippen molar-refractivity contribution in [3.05, 3.63) is 84.1 Å². The maximum atomic E-state index is 5.98. The Hall–Kier alpha value is -2.61. The van der Waals surface area contributed by atoms with Crippen LogP contribution in [0.2, 0.25) is 0 Å². The summed E-state index contributed by atoms with van der Waals surface area (Å²) in [5.41, 5.74) is 4.49. The molecule has 0 aliphatic rings. The quantitative estimate of drug-likeness (QED) is 0.640. The van der Waals surface area contributed by atoms with Crippen LogP contribution in [0.4, 0.5) is 0 Å². The lowest BCUT2D eigenvalue weighted by atomic mass is 9.86. The third kappa shape index (κ3) is 3.83. The summed E-state index contributed by atoms with van der Waals surface area (Å²) in [7, 11) is 0. The van der Waals surface area contributed by atoms with Crippen molar-refractivity contribution in [2.45, 2.75) is 32.8 Å². The zero-order valence-corrected chi connectivity index (χ0v) is 14.4. The van der Waals surface area contributed by atoms with Crippen LogP contribution in [0.1, 0.15) is 31.9 Å². The van der Waals surface area contributed by atoms with Crippen molar-refractivity contribution in [1.29, 1.82) is 0 Å². The number of nitrogens with zero attached hydrogens (tertiary/aromatic N) is 1. The molecular formula is C22H22NO. The Bertz CT molecular complexity index is 786. The van der Waals surface area contributed by atoms with Crippen molar-refractivity contribution in [2.24, 2.45) is 0 Å². The summed E-state index contributed by atoms with van der Waals surface area (Å²) in [5.74, 6) is 0.755. The Balaban J connectivity index is 1.84. The van der Waals surface area contributed by atoms with Gasteiger partial charge in [-0.05, 0) is 22.6 Å². The summed E-state index contributed by atoms with van der Waals surface area (Å²) in [5, 5.41) is 0. The number of aromatic nitrogens is 1. The van der Waals surface area contributed by atoms with Crippen molar-refractivity contribution >= 4 is 0 Å². The summed E-state index contributed by atoms with van der Waals surface area (Å²) in [6, 6.07) is 23.5. The average Bonchev–Trinajstić information content (AvgIpc) is 2.60. The highest BCUT2D eigenvalue weighted by Crippen LogP contribution is 2.30. The van der Waals surface area contributed by atoms with Gasteiger partial charge in [0.25, 0.3) is 0 Å². The van der Waals surface area contributed by atoms with E-state index in [0.717, 1.165) is 22.6 Å². The molecule has 2 aromatic carbocycles. The first kappa shape index (κ1) is 16.3. The topological polar surface area (TPSA) is 22.1 Å². The Morgan fingerprint density at radius 3 is 2.33 bits per heavy atom. The van der Waals surface area contributed by atoms with Gasteiger partial charge in [0.1, 0.15) is 18.1 Å². The first-order chi connectivity index (χ1) is 11.5. The summed E-state index contributed by atoms with van der Waals surface area (Å²) in [4.78, 5) is 4.47. The van der Waals surface area contributed by atoms with Crippen LogP contribution in [0.3, 0.4) is 0 Å². The fourth-order valence-corrected chi connectivity index (χ4v) is 2.54. The predicted octanol–water partition coefficient (Wildman–Crippen LogP) is 5.43. The second-order valence-corrected chi connectivity index (χ2v) is 6.88. The van der Waals surface area contributed by atoms with E-state index in [9.17, 15) is 0 Å². The predicted molar refractivity (Wildman–Crippen MR) is 98.0 cm³/mol. The molecule has 0 amide bonds. The molecule has 2 heteroatoms. The van der Waals surface area contributed by atoms with Crippen LogP contribution in [0.25, 0.3) is 11.3 Å². The van der Waals surface area contributed by atoms with E-state index in [0.29, 0.717) is 6.61 Å². The molecule has 0 unspecified atom stereocenters. The van der Waals surface area contributed by atoms with E-state index in [1.54, 1.807) is 6.20 Å². The number of benzene rings is 2. The van der Waals surface area contributed by atoms with Crippen LogP contribution in [-0.2, 0) is 12.0 Å². The van der Waals surface area contributed by atoms with E-state index in [4.69, 9.17) is 4.74 Å². The lowest BCUT2D eigenvalue weighted by Crippen LogP contribution is -2.10. The molecule has 2 nitrogen and oxygen atoms in total. The average molecular weight is 316 g/mol. The van der Waals surface area contributed by atoms with Gasteiger partial charge in [0.05, 0.1) is 0 Å². The number of hydrogen-bond donors (Lipinski definition) is 0. The lowest BCUT2D eigenvalue weighted by Gasteiger charge is -2.19. The van der Waals surface area contributed by atoms with Crippen molar-refractivity contribution in [2.75, 3.05) is 0 Å². The highest BCUT2D eigenvalue weighted by molar-refractivity contribution is 5.66. The fourth-order valence-electron chi connectivity index (χ4n) is 2.54. The van der Waals surface area contributed by atoms with Crippen LogP contribution in [0.5, 0.6) is 5.75 Å². The van der Waals surface area contributed by atoms with Gasteiger partial charge in [-0.25, -0.2) is 0 Å². The highest BCUT2D eigenvalue weighted by atomic mass is 16.5. The molecule has 0 fully saturated rings. The zero-order chi connectivity index (χ0) is 17.0. The number of pyridine rings is 1. The van der Waals surface area contributed by atoms with Gasteiger partial charge in [0.2, 0.25) is 0 Å². The molecular weight excluding hydrogens is 294 g/mol. The molecule has 1 aromatic heterocycles. The Kier molecular flexibility index (Phi) is 4.66. The number of ether oxygens (including phenoxy) is 1. The van der Waals surface area contributed by atoms with Crippen molar-refractivity contribution in [1.82, 2.24) is 4.98 Å². The Labute approximate surface area is 144 Å². The molecule has 0 atom stereocenters. The first-order valence-corrected chi connectivity index (χ1v) is 8.18. The Morgan fingerprint density at radius 1 is 0.958 bits per heavy atom. The minimum absolute atomic E-state index is 0.142. The smallest absolute Gasteiger partial charge is 0.146 e. The van der Waals surface area contributed by atoms with Crippen LogP contribution >= 0.6 is 0 Å². The second kappa shape index (κ2) is 6.88. The van der Waals surface area contributed by atoms with Gasteiger partial charge in [-0.15, -0.1) is 0 Å². The molecule has 0 N–H and O–H groups in total. The molecule has 0 aliphatic carbocycles. The van der Waals surface area contributed by atoms with E-state index >= 15 is 0 Å². The lowest BCUT2D eigenvalue weighted by molar-refractivity contribution is 0.306. The van der Waals surface area contributed by atoms with E-state index in [2.05, 4.69) is 68.2 Å². The van der Waals surface area contributed by atoms with Gasteiger partial charge in [-0.1, -0.05) is 75.4 Å². The largest absolute Gasteiger partial charge is 0.487 e. The van der Waals surface area contributed by atoms with Gasteiger partial charge >= 0.3 is 0 Å². The van der Waals surface area contributed by atoms with Crippen LogP contribution in [-0.4, -0.2) is 4.98 Å². The van der Waals surface area contributed by atoms with Crippen molar-refractivity contribution < 1.29 is 4.74 Å². The Morgan fingerprint density at radius 2 is 1.67 bits per heavy atom. The molecule has 0 saturated carbocycles. The van der Waals surface area contributed by atoms with Crippen LogP contribution < -0.4 is 4.74 Å². The summed E-state index contributed by atoms with van der Waals surface area (Å²) in [6.45, 7) is 7.16. The first-order valence-electron chi connectivity index (χ1n) is 8.18. The maximum Gasteiger partial charge on any atom is 0.146 e. The van der Waals surface area contributed by atoms with Crippen LogP contribution in [0.15, 0.2) is 66.9 Å². The summed E-state index contributed by atoms with van der Waals surface area (Å²) < 4.78 is 5.98. The molecule has 0 aliphatic heterocycles. The number of hydrogen-bond acceptors (Lipinski definition) is 2. The van der Waals surface area contributed by atoms with Gasteiger partial charge in [0.15, 0.2) is 0 Å². The standard InChI is InChI=1S/C22H22NO/c1-22(2,3)19-13-11-18(12-14-19)21-20(10-7-15-23-21)24-16-17-8-5-4-6-9-17/h4-6,8-15H,16H2,1-3H3. The molecule has 1 radical (unpaired) electrons. The minimum atomic E-state index is 0.142. The SMILES string of the molecule is CC(C)(C)c1ccc(-c2nc[c]cc2OCc2ccccc2)cc1. The van der Waals surface area contributed by atoms with Crippen molar-refractivity contribution in [3.8, 4) is 17.0 Å². The molecule has 3 aromatic rings. The van der Waals surface area contributed by atoms with E-state index < -0.39 is 0 Å². The molecule has 0 spiro atoms. The molecule has 3 rings (SSSR count). The third-order valence-corrected chi connectivity index (χ3v) is 3.98. The van der Waals surface area contributed by atoms with Crippen LogP contribution in [0, 0.1) is 6.07 Å². The molecule has 24 heavy (non-hydrogen) atoms. The van der Waals surface area contributed by atoms with Gasteiger partial charge < -0.3 is 4.74 Å². The third-order valence-electron chi connectivity index (χ3n) is 3.98. The zero-order valence-electron chi connectivity index (χ0n) is 14.4. The molecule has 121 valence electrons. The molecule has 0 bridgehead atoms. The number of rotatable bonds is 4. The van der Waals surface area contributed by atoms with Gasteiger partial charge in [-0.2, -0.15) is 0 Å². The normalized spacial score (nSPS) is 11.3. The summed E-state index contributed by atoms with van der Waals surface area (Å²) >= 11 is 0. The highest BCUT2D eigenvalue weighted by Gasteiger charge is 2.14. The van der Waals surface area contributed by atoms with Crippen molar-refractivity contribution in [3.63, 3.8) is 0 Å². The molecule has 0 saturated heterocycles. The monoisotopic (exact) mass is 316 g/mol. The van der Waals surface area contributed by atoms with Gasteiger partial charge in [-0.3, -0.25) is 4.98 Å². The molecule has 1 heterocycles. The van der Waals surface area contributed by atoms with E-state index in [1.165, 1.54) is 5.56 Å². The summed E-state index contributed by atoms with van der Waals surface area (Å²) in [6.07, 6.45) is 1.68. The van der Waals surface area contributed by atoms with Gasteiger partial charge in [0, 0.05) is 17.8 Å². The van der Waals surface area contributed by atoms with E-state index in [-0.39, 0.29) is 5.41 Å². The maximum absolute atomic E-state index is 5.98.